The molecule has 0 aliphatic carbocycles. The molecule has 5 heteroatoms. The van der Waals surface area contributed by atoms with Crippen molar-refractivity contribution in [2.24, 2.45) is 0 Å². The van der Waals surface area contributed by atoms with Crippen LogP contribution in [0.3, 0.4) is 0 Å². The van der Waals surface area contributed by atoms with Crippen LogP contribution in [-0.4, -0.2) is 17.4 Å². The maximum Gasteiger partial charge on any atom is 0.253 e. The first-order valence-corrected chi connectivity index (χ1v) is 8.21. The lowest BCUT2D eigenvalue weighted by Gasteiger charge is -2.21. The Bertz CT molecular complexity index is 766. The highest BCUT2D eigenvalue weighted by Gasteiger charge is 2.18. The van der Waals surface area contributed by atoms with Gasteiger partial charge in [0.1, 0.15) is 5.82 Å². The summed E-state index contributed by atoms with van der Waals surface area (Å²) in [5, 5.41) is 5.62. The van der Waals surface area contributed by atoms with E-state index in [1.807, 2.05) is 20.8 Å². The van der Waals surface area contributed by atoms with Crippen molar-refractivity contribution in [1.29, 1.82) is 0 Å². The molecule has 0 heterocycles. The summed E-state index contributed by atoms with van der Waals surface area (Å²) >= 11 is 0. The molecule has 0 radical (unpaired) electrons. The Balaban J connectivity index is 2.04. The maximum absolute atomic E-state index is 13.6. The molecule has 2 aromatic rings. The second-order valence-electron chi connectivity index (χ2n) is 6.89. The summed E-state index contributed by atoms with van der Waals surface area (Å²) in [4.78, 5) is 24.6. The number of para-hydroxylation sites is 1. The highest BCUT2D eigenvalue weighted by molar-refractivity contribution is 6.04. The van der Waals surface area contributed by atoms with Crippen LogP contribution < -0.4 is 10.6 Å². The lowest BCUT2D eigenvalue weighted by atomic mass is 10.1. The van der Waals surface area contributed by atoms with Crippen LogP contribution in [0.2, 0.25) is 0 Å². The molecule has 0 atom stereocenters. The van der Waals surface area contributed by atoms with Gasteiger partial charge in [0.15, 0.2) is 0 Å². The van der Waals surface area contributed by atoms with Gasteiger partial charge in [0.2, 0.25) is 5.91 Å². The zero-order valence-electron chi connectivity index (χ0n) is 14.7. The van der Waals surface area contributed by atoms with E-state index in [1.54, 1.807) is 42.5 Å². The van der Waals surface area contributed by atoms with Gasteiger partial charge in [0, 0.05) is 12.0 Å². The third-order valence-corrected chi connectivity index (χ3v) is 3.51. The summed E-state index contributed by atoms with van der Waals surface area (Å²) in [6.45, 7) is 5.67. The summed E-state index contributed by atoms with van der Waals surface area (Å²) < 4.78 is 13.6. The van der Waals surface area contributed by atoms with E-state index in [2.05, 4.69) is 10.6 Å². The van der Waals surface area contributed by atoms with Crippen LogP contribution in [0, 0.1) is 5.82 Å². The Morgan fingerprint density at radius 1 is 1.00 bits per heavy atom. The molecular formula is C20H23FN2O2. The molecule has 0 spiro atoms. The Kier molecular flexibility index (Phi) is 5.91. The van der Waals surface area contributed by atoms with Crippen molar-refractivity contribution in [3.8, 4) is 0 Å². The summed E-state index contributed by atoms with van der Waals surface area (Å²) in [7, 11) is 0. The molecule has 0 saturated heterocycles. The molecule has 4 nitrogen and oxygen atoms in total. The first kappa shape index (κ1) is 18.6. The highest BCUT2D eigenvalue weighted by Crippen LogP contribution is 2.17. The fourth-order valence-corrected chi connectivity index (χ4v) is 2.36. The van der Waals surface area contributed by atoms with Crippen molar-refractivity contribution in [3.63, 3.8) is 0 Å². The molecule has 0 fully saturated rings. The topological polar surface area (TPSA) is 58.2 Å². The smallest absolute Gasteiger partial charge is 0.253 e. The van der Waals surface area contributed by atoms with Gasteiger partial charge >= 0.3 is 0 Å². The second-order valence-corrected chi connectivity index (χ2v) is 6.89. The number of hydrogen-bond acceptors (Lipinski definition) is 2. The second kappa shape index (κ2) is 7.92. The van der Waals surface area contributed by atoms with E-state index < -0.39 is 0 Å². The number of hydrogen-bond donors (Lipinski definition) is 2. The van der Waals surface area contributed by atoms with Gasteiger partial charge in [-0.25, -0.2) is 4.39 Å². The number of anilines is 1. The number of halogens is 1. The van der Waals surface area contributed by atoms with Crippen molar-refractivity contribution in [3.05, 3.63) is 65.5 Å². The Labute approximate surface area is 147 Å². The monoisotopic (exact) mass is 342 g/mol. The summed E-state index contributed by atoms with van der Waals surface area (Å²) in [5.74, 6) is -0.836. The predicted octanol–water partition coefficient (Wildman–Crippen LogP) is 3.93. The van der Waals surface area contributed by atoms with Crippen molar-refractivity contribution in [1.82, 2.24) is 5.32 Å². The minimum atomic E-state index is -0.376. The van der Waals surface area contributed by atoms with E-state index in [-0.39, 0.29) is 29.6 Å². The summed E-state index contributed by atoms with van der Waals surface area (Å²) in [6.07, 6.45) is 0.436. The van der Waals surface area contributed by atoms with Crippen LogP contribution in [-0.2, 0) is 11.2 Å². The van der Waals surface area contributed by atoms with E-state index in [9.17, 15) is 14.0 Å². The molecule has 0 aromatic heterocycles. The molecule has 2 amide bonds. The third kappa shape index (κ3) is 5.71. The number of aryl methyl sites for hydroxylation is 1. The molecule has 0 bridgehead atoms. The van der Waals surface area contributed by atoms with Crippen LogP contribution >= 0.6 is 0 Å². The number of nitrogens with one attached hydrogen (secondary N) is 2. The molecule has 25 heavy (non-hydrogen) atoms. The minimum absolute atomic E-state index is 0.135. The van der Waals surface area contributed by atoms with E-state index in [4.69, 9.17) is 0 Å². The highest BCUT2D eigenvalue weighted by atomic mass is 19.1. The van der Waals surface area contributed by atoms with Crippen LogP contribution in [0.25, 0.3) is 0 Å². The van der Waals surface area contributed by atoms with Crippen LogP contribution in [0.5, 0.6) is 0 Å². The number of amides is 2. The van der Waals surface area contributed by atoms with Crippen molar-refractivity contribution < 1.29 is 14.0 Å². The first-order chi connectivity index (χ1) is 11.8. The van der Waals surface area contributed by atoms with E-state index in [0.29, 0.717) is 23.2 Å². The zero-order chi connectivity index (χ0) is 18.4. The third-order valence-electron chi connectivity index (χ3n) is 3.51. The van der Waals surface area contributed by atoms with Crippen LogP contribution in [0.1, 0.15) is 43.1 Å². The van der Waals surface area contributed by atoms with Gasteiger partial charge in [0.05, 0.1) is 11.3 Å². The number of carbonyl (C=O) groups is 2. The quantitative estimate of drug-likeness (QED) is 0.865. The number of carbonyl (C=O) groups excluding carboxylic acids is 2. The van der Waals surface area contributed by atoms with Crippen molar-refractivity contribution in [2.45, 2.75) is 39.2 Å². The largest absolute Gasteiger partial charge is 0.347 e. The van der Waals surface area contributed by atoms with Gasteiger partial charge in [-0.3, -0.25) is 9.59 Å². The van der Waals surface area contributed by atoms with Gasteiger partial charge in [-0.1, -0.05) is 30.3 Å². The molecular weight excluding hydrogens is 319 g/mol. The fourth-order valence-electron chi connectivity index (χ4n) is 2.36. The average molecular weight is 342 g/mol. The Morgan fingerprint density at radius 2 is 1.64 bits per heavy atom. The molecule has 2 rings (SSSR count). The normalized spacial score (nSPS) is 11.0. The fraction of sp³-hybridized carbons (Fsp3) is 0.300. The molecule has 132 valence electrons. The average Bonchev–Trinajstić information content (AvgIpc) is 2.53. The van der Waals surface area contributed by atoms with E-state index in [0.717, 1.165) is 0 Å². The Morgan fingerprint density at radius 3 is 2.32 bits per heavy atom. The molecule has 0 saturated carbocycles. The molecule has 0 aliphatic heterocycles. The Hall–Kier alpha value is -2.69. The van der Waals surface area contributed by atoms with Crippen LogP contribution in [0.15, 0.2) is 48.5 Å². The number of benzene rings is 2. The standard InChI is InChI=1S/C20H23FN2O2/c1-20(2,3)23-19(25)15-9-5-7-11-17(15)22-18(24)13-12-14-8-4-6-10-16(14)21/h4-11H,12-13H2,1-3H3,(H,22,24)(H,23,25). The van der Waals surface area contributed by atoms with Gasteiger partial charge in [-0.05, 0) is 51.0 Å². The van der Waals surface area contributed by atoms with E-state index >= 15 is 0 Å². The summed E-state index contributed by atoms with van der Waals surface area (Å²) in [5.41, 5.74) is 0.967. The molecule has 2 aromatic carbocycles. The lowest BCUT2D eigenvalue weighted by molar-refractivity contribution is -0.116. The van der Waals surface area contributed by atoms with Crippen molar-refractivity contribution >= 4 is 17.5 Å². The van der Waals surface area contributed by atoms with Crippen molar-refractivity contribution in [2.75, 3.05) is 5.32 Å². The minimum Gasteiger partial charge on any atom is -0.347 e. The SMILES string of the molecule is CC(C)(C)NC(=O)c1ccccc1NC(=O)CCc1ccccc1F. The number of rotatable bonds is 5. The van der Waals surface area contributed by atoms with Gasteiger partial charge in [-0.2, -0.15) is 0 Å². The predicted molar refractivity (Wildman–Crippen MR) is 97.0 cm³/mol. The van der Waals surface area contributed by atoms with Gasteiger partial charge in [0.25, 0.3) is 5.91 Å². The lowest BCUT2D eigenvalue weighted by Crippen LogP contribution is -2.40. The van der Waals surface area contributed by atoms with Crippen LogP contribution in [0.4, 0.5) is 10.1 Å². The first-order valence-electron chi connectivity index (χ1n) is 8.21. The molecule has 2 N–H and O–H groups in total. The zero-order valence-corrected chi connectivity index (χ0v) is 14.7. The summed E-state index contributed by atoms with van der Waals surface area (Å²) in [6, 6.07) is 13.2. The maximum atomic E-state index is 13.6. The van der Waals surface area contributed by atoms with Gasteiger partial charge < -0.3 is 10.6 Å². The molecule has 0 unspecified atom stereocenters. The van der Waals surface area contributed by atoms with E-state index in [1.165, 1.54) is 6.07 Å². The van der Waals surface area contributed by atoms with Gasteiger partial charge in [-0.15, -0.1) is 0 Å². The molecule has 0 aliphatic rings.